The highest BCUT2D eigenvalue weighted by Crippen LogP contribution is 2.32. The van der Waals surface area contributed by atoms with Gasteiger partial charge in [-0.1, -0.05) is 6.07 Å². The largest absolute Gasteiger partial charge is 0.454 e. The number of hydrazone groups is 1. The van der Waals surface area contributed by atoms with Crippen LogP contribution in [0.1, 0.15) is 23.7 Å². The maximum absolute atomic E-state index is 5.90. The Kier molecular flexibility index (Phi) is 4.81. The molecule has 126 valence electrons. The topological polar surface area (TPSA) is 93.8 Å². The maximum Gasteiger partial charge on any atom is 0.231 e. The molecule has 0 saturated carbocycles. The van der Waals surface area contributed by atoms with Gasteiger partial charge < -0.3 is 20.5 Å². The van der Waals surface area contributed by atoms with Crippen LogP contribution in [0.5, 0.6) is 11.5 Å². The fourth-order valence-corrected chi connectivity index (χ4v) is 3.12. The fraction of sp³-hybridized carbons (Fsp3) is 0.267. The number of thiocarbonyl (C=S) groups is 1. The molecule has 0 radical (unpaired) electrons. The number of nitrogens with one attached hydrogen (secondary N) is 2. The molecule has 4 N–H and O–H groups in total. The van der Waals surface area contributed by atoms with Gasteiger partial charge in [0.25, 0.3) is 0 Å². The summed E-state index contributed by atoms with van der Waals surface area (Å²) in [7, 11) is 0. The van der Waals surface area contributed by atoms with Crippen LogP contribution in [0.2, 0.25) is 0 Å². The minimum absolute atomic E-state index is 0.264. The van der Waals surface area contributed by atoms with E-state index in [2.05, 4.69) is 20.2 Å². The van der Waals surface area contributed by atoms with E-state index in [0.717, 1.165) is 34.0 Å². The van der Waals surface area contributed by atoms with E-state index in [1.54, 1.807) is 0 Å². The summed E-state index contributed by atoms with van der Waals surface area (Å²) in [5.74, 6) is 1.51. The van der Waals surface area contributed by atoms with E-state index in [0.29, 0.717) is 16.7 Å². The zero-order valence-corrected chi connectivity index (χ0v) is 14.9. The van der Waals surface area contributed by atoms with Gasteiger partial charge in [0, 0.05) is 6.54 Å². The first-order valence-electron chi connectivity index (χ1n) is 7.23. The highest BCUT2D eigenvalue weighted by molar-refractivity contribution is 7.80. The van der Waals surface area contributed by atoms with Gasteiger partial charge in [-0.3, -0.25) is 5.43 Å². The van der Waals surface area contributed by atoms with Gasteiger partial charge in [0.05, 0.1) is 17.0 Å². The Morgan fingerprint density at radius 1 is 1.42 bits per heavy atom. The van der Waals surface area contributed by atoms with Crippen molar-refractivity contribution in [1.29, 1.82) is 0 Å². The van der Waals surface area contributed by atoms with Crippen LogP contribution in [0, 0.1) is 6.92 Å². The van der Waals surface area contributed by atoms with Crippen LogP contribution in [0.3, 0.4) is 0 Å². The van der Waals surface area contributed by atoms with Crippen LogP contribution in [0.25, 0.3) is 0 Å². The Morgan fingerprint density at radius 2 is 2.21 bits per heavy atom. The molecule has 2 aromatic rings. The Hall–Kier alpha value is -2.39. The average molecular weight is 363 g/mol. The summed E-state index contributed by atoms with van der Waals surface area (Å²) >= 11 is 6.50. The second-order valence-electron chi connectivity index (χ2n) is 5.19. The van der Waals surface area contributed by atoms with E-state index in [1.807, 2.05) is 32.0 Å². The molecule has 1 aromatic carbocycles. The van der Waals surface area contributed by atoms with Gasteiger partial charge >= 0.3 is 0 Å². The number of anilines is 1. The molecule has 0 bridgehead atoms. The molecule has 0 saturated heterocycles. The lowest BCUT2D eigenvalue weighted by atomic mass is 10.2. The molecule has 2 heterocycles. The van der Waals surface area contributed by atoms with E-state index in [9.17, 15) is 0 Å². The van der Waals surface area contributed by atoms with E-state index in [1.165, 1.54) is 11.5 Å². The molecule has 24 heavy (non-hydrogen) atoms. The number of hydrogen-bond acceptors (Lipinski definition) is 7. The summed E-state index contributed by atoms with van der Waals surface area (Å²) in [6, 6.07) is 5.76. The van der Waals surface area contributed by atoms with E-state index in [4.69, 9.17) is 27.4 Å². The number of fused-ring (bicyclic) bond motifs is 1. The molecule has 1 aromatic heterocycles. The van der Waals surface area contributed by atoms with Crippen LogP contribution in [0.4, 0.5) is 5.00 Å². The lowest BCUT2D eigenvalue weighted by Crippen LogP contribution is -2.32. The van der Waals surface area contributed by atoms with Gasteiger partial charge in [0.1, 0.15) is 5.00 Å². The summed E-state index contributed by atoms with van der Waals surface area (Å²) < 4.78 is 14.8. The van der Waals surface area contributed by atoms with Crippen molar-refractivity contribution >= 4 is 39.6 Å². The summed E-state index contributed by atoms with van der Waals surface area (Å²) in [6.45, 7) is 4.58. The standard InChI is InChI=1S/C15H17N5O2S2/c1-8(13-9(2)20-24-14(13)16)18-19-15(23)17-6-10-3-4-11-12(5-10)22-7-21-11/h3-5H,6-7,16H2,1-2H3,(H2,17,19,23)/b18-8-. The van der Waals surface area contributed by atoms with Crippen molar-refractivity contribution in [2.45, 2.75) is 20.4 Å². The van der Waals surface area contributed by atoms with Gasteiger partial charge in [-0.05, 0) is 55.3 Å². The molecule has 9 heteroatoms. The quantitative estimate of drug-likeness (QED) is 0.435. The fourth-order valence-electron chi connectivity index (χ4n) is 2.29. The summed E-state index contributed by atoms with van der Waals surface area (Å²) in [5, 5.41) is 8.43. The zero-order chi connectivity index (χ0) is 17.1. The summed E-state index contributed by atoms with van der Waals surface area (Å²) in [4.78, 5) is 0. The minimum Gasteiger partial charge on any atom is -0.454 e. The predicted molar refractivity (Wildman–Crippen MR) is 98.6 cm³/mol. The molecule has 1 aliphatic rings. The Bertz CT molecular complexity index is 784. The van der Waals surface area contributed by atoms with Crippen LogP contribution in [0.15, 0.2) is 23.3 Å². The number of hydrogen-bond donors (Lipinski definition) is 3. The lowest BCUT2D eigenvalue weighted by molar-refractivity contribution is 0.174. The molecule has 7 nitrogen and oxygen atoms in total. The number of nitrogen functional groups attached to an aromatic ring is 1. The Balaban J connectivity index is 1.55. The number of benzene rings is 1. The van der Waals surface area contributed by atoms with Gasteiger partial charge in [-0.15, -0.1) is 0 Å². The third kappa shape index (κ3) is 3.57. The normalized spacial score (nSPS) is 13.0. The van der Waals surface area contributed by atoms with Crippen LogP contribution in [-0.4, -0.2) is 22.0 Å². The van der Waals surface area contributed by atoms with Gasteiger partial charge in [0.2, 0.25) is 6.79 Å². The number of rotatable bonds is 4. The molecule has 0 unspecified atom stereocenters. The van der Waals surface area contributed by atoms with Crippen molar-refractivity contribution in [1.82, 2.24) is 15.1 Å². The van der Waals surface area contributed by atoms with Crippen LogP contribution in [-0.2, 0) is 6.54 Å². The first kappa shape index (κ1) is 16.5. The molecule has 0 fully saturated rings. The summed E-state index contributed by atoms with van der Waals surface area (Å²) in [5.41, 5.74) is 12.2. The SMILES string of the molecule is C/C(=N/NC(=S)NCc1ccc2c(c1)OCO2)c1c(C)nsc1N. The number of nitrogens with two attached hydrogens (primary N) is 1. The van der Waals surface area contributed by atoms with Crippen molar-refractivity contribution in [3.05, 3.63) is 35.0 Å². The third-order valence-electron chi connectivity index (χ3n) is 3.47. The third-order valence-corrected chi connectivity index (χ3v) is 4.47. The van der Waals surface area contributed by atoms with Crippen molar-refractivity contribution in [3.8, 4) is 11.5 Å². The van der Waals surface area contributed by atoms with Crippen molar-refractivity contribution < 1.29 is 9.47 Å². The van der Waals surface area contributed by atoms with Gasteiger partial charge in [0.15, 0.2) is 16.6 Å². The zero-order valence-electron chi connectivity index (χ0n) is 13.3. The number of nitrogens with zero attached hydrogens (tertiary/aromatic N) is 2. The molecule has 0 atom stereocenters. The molecule has 0 spiro atoms. The Labute approximate surface area is 149 Å². The highest BCUT2D eigenvalue weighted by Gasteiger charge is 2.13. The molecule has 0 aliphatic carbocycles. The number of aromatic nitrogens is 1. The van der Waals surface area contributed by atoms with Gasteiger partial charge in [-0.25, -0.2) is 0 Å². The molecule has 1 aliphatic heterocycles. The maximum atomic E-state index is 5.90. The van der Waals surface area contributed by atoms with Crippen LogP contribution < -0.4 is 25.9 Å². The lowest BCUT2D eigenvalue weighted by Gasteiger charge is -2.09. The molecule has 0 amide bonds. The van der Waals surface area contributed by atoms with E-state index < -0.39 is 0 Å². The smallest absolute Gasteiger partial charge is 0.231 e. The molecular formula is C15H17N5O2S2. The van der Waals surface area contributed by atoms with Crippen molar-refractivity contribution in [2.24, 2.45) is 5.10 Å². The number of aryl methyl sites for hydroxylation is 1. The Morgan fingerprint density at radius 3 is 2.96 bits per heavy atom. The van der Waals surface area contributed by atoms with Crippen molar-refractivity contribution in [2.75, 3.05) is 12.5 Å². The summed E-state index contributed by atoms with van der Waals surface area (Å²) in [6.07, 6.45) is 0. The van der Waals surface area contributed by atoms with Gasteiger partial charge in [-0.2, -0.15) is 9.47 Å². The first-order valence-corrected chi connectivity index (χ1v) is 8.41. The minimum atomic E-state index is 0.264. The second kappa shape index (κ2) is 7.02. The highest BCUT2D eigenvalue weighted by atomic mass is 32.1. The molecule has 3 rings (SSSR count). The first-order chi connectivity index (χ1) is 11.5. The molecular weight excluding hydrogens is 346 g/mol. The monoisotopic (exact) mass is 363 g/mol. The van der Waals surface area contributed by atoms with E-state index in [-0.39, 0.29) is 6.79 Å². The predicted octanol–water partition coefficient (Wildman–Crippen LogP) is 2.15. The van der Waals surface area contributed by atoms with E-state index >= 15 is 0 Å². The number of ether oxygens (including phenoxy) is 2. The average Bonchev–Trinajstić information content (AvgIpc) is 3.16. The van der Waals surface area contributed by atoms with Crippen LogP contribution >= 0.6 is 23.8 Å². The van der Waals surface area contributed by atoms with Crippen molar-refractivity contribution in [3.63, 3.8) is 0 Å². The second-order valence-corrected chi connectivity index (χ2v) is 6.40.